The molecule has 6 heteroatoms. The molecule has 0 saturated heterocycles. The maximum absolute atomic E-state index is 12.1. The lowest BCUT2D eigenvalue weighted by Crippen LogP contribution is -2.45. The molecule has 2 rings (SSSR count). The number of aromatic nitrogens is 2. The van der Waals surface area contributed by atoms with Crippen molar-refractivity contribution in [3.63, 3.8) is 0 Å². The number of nitrogen functional groups attached to an aromatic ring is 1. The van der Waals surface area contributed by atoms with Gasteiger partial charge in [0.2, 0.25) is 0 Å². The van der Waals surface area contributed by atoms with Gasteiger partial charge < -0.3 is 16.2 Å². The Hall–Kier alpha value is -1.56. The van der Waals surface area contributed by atoms with Crippen molar-refractivity contribution >= 4 is 11.6 Å². The molecule has 1 aromatic heterocycles. The Morgan fingerprint density at radius 3 is 2.80 bits per heavy atom. The summed E-state index contributed by atoms with van der Waals surface area (Å²) in [6.07, 6.45) is 5.10. The van der Waals surface area contributed by atoms with Gasteiger partial charge in [-0.25, -0.2) is 0 Å². The minimum absolute atomic E-state index is 0.236. The first-order chi connectivity index (χ1) is 9.43. The summed E-state index contributed by atoms with van der Waals surface area (Å²) in [5, 5.41) is 17.3. The first kappa shape index (κ1) is 14.8. The molecule has 0 aromatic carbocycles. The maximum atomic E-state index is 12.1. The Labute approximate surface area is 119 Å². The summed E-state index contributed by atoms with van der Waals surface area (Å²) in [5.74, 6) is 0.337. The topological polar surface area (TPSA) is 93.2 Å². The maximum Gasteiger partial charge on any atom is 0.274 e. The molecule has 1 fully saturated rings. The van der Waals surface area contributed by atoms with Crippen LogP contribution in [0.4, 0.5) is 5.69 Å². The van der Waals surface area contributed by atoms with E-state index in [0.29, 0.717) is 18.2 Å². The highest BCUT2D eigenvalue weighted by molar-refractivity contribution is 5.97. The SMILES string of the molecule is CCn1cc(N)c(C(=O)NCC2(O)CCC(C)CC2)n1. The van der Waals surface area contributed by atoms with E-state index in [1.807, 2.05) is 6.92 Å². The van der Waals surface area contributed by atoms with Crippen LogP contribution in [0.2, 0.25) is 0 Å². The zero-order valence-corrected chi connectivity index (χ0v) is 12.2. The van der Waals surface area contributed by atoms with E-state index >= 15 is 0 Å². The molecule has 1 aliphatic carbocycles. The van der Waals surface area contributed by atoms with Crippen LogP contribution in [0.15, 0.2) is 6.20 Å². The Morgan fingerprint density at radius 2 is 2.25 bits per heavy atom. The predicted octanol–water partition coefficient (Wildman–Crippen LogP) is 1.16. The summed E-state index contributed by atoms with van der Waals surface area (Å²) in [6.45, 7) is 5.05. The van der Waals surface area contributed by atoms with Gasteiger partial charge in [0, 0.05) is 19.3 Å². The largest absolute Gasteiger partial charge is 0.396 e. The molecule has 0 spiro atoms. The monoisotopic (exact) mass is 280 g/mol. The number of carbonyl (C=O) groups excluding carboxylic acids is 1. The molecular weight excluding hydrogens is 256 g/mol. The lowest BCUT2D eigenvalue weighted by molar-refractivity contribution is -0.00543. The molecule has 112 valence electrons. The van der Waals surface area contributed by atoms with Gasteiger partial charge >= 0.3 is 0 Å². The van der Waals surface area contributed by atoms with Gasteiger partial charge in [-0.15, -0.1) is 0 Å². The number of anilines is 1. The number of hydrogen-bond acceptors (Lipinski definition) is 4. The molecular formula is C14H24N4O2. The second-order valence-electron chi connectivity index (χ2n) is 5.88. The predicted molar refractivity (Wildman–Crippen MR) is 77.2 cm³/mol. The van der Waals surface area contributed by atoms with E-state index in [-0.39, 0.29) is 18.1 Å². The highest BCUT2D eigenvalue weighted by Crippen LogP contribution is 2.31. The third-order valence-corrected chi connectivity index (χ3v) is 4.11. The minimum atomic E-state index is -0.787. The van der Waals surface area contributed by atoms with Crippen LogP contribution in [-0.4, -0.2) is 32.9 Å². The lowest BCUT2D eigenvalue weighted by Gasteiger charge is -2.34. The molecule has 6 nitrogen and oxygen atoms in total. The Kier molecular flexibility index (Phi) is 4.32. The smallest absolute Gasteiger partial charge is 0.274 e. The van der Waals surface area contributed by atoms with Crippen molar-refractivity contribution in [1.82, 2.24) is 15.1 Å². The van der Waals surface area contributed by atoms with Crippen molar-refractivity contribution in [1.29, 1.82) is 0 Å². The minimum Gasteiger partial charge on any atom is -0.396 e. The van der Waals surface area contributed by atoms with Crippen molar-refractivity contribution in [3.05, 3.63) is 11.9 Å². The van der Waals surface area contributed by atoms with Crippen LogP contribution >= 0.6 is 0 Å². The standard InChI is InChI=1S/C14H24N4O2/c1-3-18-8-11(15)12(17-18)13(19)16-9-14(20)6-4-10(2)5-7-14/h8,10,20H,3-7,9,15H2,1-2H3,(H,16,19). The van der Waals surface area contributed by atoms with Crippen molar-refractivity contribution in [2.75, 3.05) is 12.3 Å². The third kappa shape index (κ3) is 3.30. The van der Waals surface area contributed by atoms with Crippen molar-refractivity contribution in [3.8, 4) is 0 Å². The zero-order chi connectivity index (χ0) is 14.8. The molecule has 0 unspecified atom stereocenters. The highest BCUT2D eigenvalue weighted by Gasteiger charge is 2.32. The van der Waals surface area contributed by atoms with Gasteiger partial charge in [-0.1, -0.05) is 6.92 Å². The Morgan fingerprint density at radius 1 is 1.60 bits per heavy atom. The zero-order valence-electron chi connectivity index (χ0n) is 12.2. The van der Waals surface area contributed by atoms with E-state index in [2.05, 4.69) is 17.3 Å². The normalized spacial score (nSPS) is 26.4. The van der Waals surface area contributed by atoms with Crippen LogP contribution in [0.3, 0.4) is 0 Å². The summed E-state index contributed by atoms with van der Waals surface area (Å²) >= 11 is 0. The van der Waals surface area contributed by atoms with E-state index < -0.39 is 5.60 Å². The molecule has 4 N–H and O–H groups in total. The molecule has 0 radical (unpaired) electrons. The van der Waals surface area contributed by atoms with Gasteiger partial charge in [0.05, 0.1) is 11.3 Å². The van der Waals surface area contributed by atoms with Crippen molar-refractivity contribution in [2.24, 2.45) is 5.92 Å². The molecule has 1 aliphatic rings. The van der Waals surface area contributed by atoms with Gasteiger partial charge in [-0.2, -0.15) is 5.10 Å². The molecule has 1 heterocycles. The fourth-order valence-electron chi connectivity index (χ4n) is 2.58. The summed E-state index contributed by atoms with van der Waals surface area (Å²) in [7, 11) is 0. The number of amides is 1. The number of nitrogens with one attached hydrogen (secondary N) is 1. The van der Waals surface area contributed by atoms with Crippen LogP contribution in [0, 0.1) is 5.92 Å². The second kappa shape index (κ2) is 5.83. The van der Waals surface area contributed by atoms with E-state index in [1.54, 1.807) is 10.9 Å². The average Bonchev–Trinajstić information content (AvgIpc) is 2.81. The number of hydrogen-bond donors (Lipinski definition) is 3. The summed E-state index contributed by atoms with van der Waals surface area (Å²) in [4.78, 5) is 12.1. The summed E-state index contributed by atoms with van der Waals surface area (Å²) in [5.41, 5.74) is 5.59. The Bertz CT molecular complexity index is 476. The molecule has 1 saturated carbocycles. The first-order valence-electron chi connectivity index (χ1n) is 7.27. The molecule has 1 aromatic rings. The number of aliphatic hydroxyl groups is 1. The van der Waals surface area contributed by atoms with Crippen LogP contribution in [-0.2, 0) is 6.54 Å². The molecule has 0 aliphatic heterocycles. The van der Waals surface area contributed by atoms with Gasteiger partial charge in [0.25, 0.3) is 5.91 Å². The van der Waals surface area contributed by atoms with E-state index in [1.165, 1.54) is 0 Å². The molecule has 1 amide bonds. The average molecular weight is 280 g/mol. The lowest BCUT2D eigenvalue weighted by atomic mass is 9.79. The van der Waals surface area contributed by atoms with E-state index in [0.717, 1.165) is 25.7 Å². The van der Waals surface area contributed by atoms with Crippen LogP contribution in [0.5, 0.6) is 0 Å². The summed E-state index contributed by atoms with van der Waals surface area (Å²) in [6, 6.07) is 0. The number of aryl methyl sites for hydroxylation is 1. The fraction of sp³-hybridized carbons (Fsp3) is 0.714. The summed E-state index contributed by atoms with van der Waals surface area (Å²) < 4.78 is 1.63. The Balaban J connectivity index is 1.93. The second-order valence-corrected chi connectivity index (χ2v) is 5.88. The number of nitrogens with zero attached hydrogens (tertiary/aromatic N) is 2. The van der Waals surface area contributed by atoms with Crippen LogP contribution < -0.4 is 11.1 Å². The van der Waals surface area contributed by atoms with Gasteiger partial charge in [-0.05, 0) is 38.5 Å². The third-order valence-electron chi connectivity index (χ3n) is 4.11. The number of rotatable bonds is 4. The first-order valence-corrected chi connectivity index (χ1v) is 7.27. The number of nitrogens with two attached hydrogens (primary N) is 1. The van der Waals surface area contributed by atoms with Crippen LogP contribution in [0.25, 0.3) is 0 Å². The quantitative estimate of drug-likeness (QED) is 0.771. The van der Waals surface area contributed by atoms with Gasteiger partial charge in [-0.3, -0.25) is 9.48 Å². The molecule has 0 atom stereocenters. The highest BCUT2D eigenvalue weighted by atomic mass is 16.3. The molecule has 20 heavy (non-hydrogen) atoms. The van der Waals surface area contributed by atoms with Gasteiger partial charge in [0.15, 0.2) is 5.69 Å². The van der Waals surface area contributed by atoms with E-state index in [4.69, 9.17) is 5.73 Å². The van der Waals surface area contributed by atoms with Crippen molar-refractivity contribution in [2.45, 2.75) is 51.7 Å². The van der Waals surface area contributed by atoms with Gasteiger partial charge in [0.1, 0.15) is 0 Å². The van der Waals surface area contributed by atoms with Crippen molar-refractivity contribution < 1.29 is 9.90 Å². The van der Waals surface area contributed by atoms with Crippen LogP contribution in [0.1, 0.15) is 50.0 Å². The fourth-order valence-corrected chi connectivity index (χ4v) is 2.58. The van der Waals surface area contributed by atoms with E-state index in [9.17, 15) is 9.90 Å². The molecule has 0 bridgehead atoms. The number of carbonyl (C=O) groups is 1.